The van der Waals surface area contributed by atoms with Crippen molar-refractivity contribution < 1.29 is 0 Å². The van der Waals surface area contributed by atoms with E-state index in [9.17, 15) is 0 Å². The molecule has 0 bridgehead atoms. The van der Waals surface area contributed by atoms with E-state index >= 15 is 0 Å². The van der Waals surface area contributed by atoms with Gasteiger partial charge in [0.1, 0.15) is 11.9 Å². The maximum Gasteiger partial charge on any atom is 0.146 e. The molecule has 0 aliphatic carbocycles. The van der Waals surface area contributed by atoms with Crippen molar-refractivity contribution in [3.8, 4) is 6.07 Å². The van der Waals surface area contributed by atoms with Gasteiger partial charge >= 0.3 is 0 Å². The molecule has 0 saturated carbocycles. The van der Waals surface area contributed by atoms with Gasteiger partial charge in [-0.2, -0.15) is 5.26 Å². The van der Waals surface area contributed by atoms with E-state index in [4.69, 9.17) is 11.0 Å². The van der Waals surface area contributed by atoms with Gasteiger partial charge in [0, 0.05) is 19.3 Å². The molecule has 2 heterocycles. The second-order valence-corrected chi connectivity index (χ2v) is 4.15. The van der Waals surface area contributed by atoms with Crippen molar-refractivity contribution >= 4 is 5.82 Å². The molecular formula is C12H16N4. The summed E-state index contributed by atoms with van der Waals surface area (Å²) in [5.41, 5.74) is 6.32. The minimum Gasteiger partial charge on any atom is -0.356 e. The molecule has 1 saturated heterocycles. The van der Waals surface area contributed by atoms with E-state index in [1.165, 1.54) is 0 Å². The van der Waals surface area contributed by atoms with Crippen LogP contribution in [0.1, 0.15) is 18.4 Å². The molecule has 0 amide bonds. The maximum absolute atomic E-state index is 9.01. The topological polar surface area (TPSA) is 65.9 Å². The monoisotopic (exact) mass is 216 g/mol. The van der Waals surface area contributed by atoms with Gasteiger partial charge in [-0.05, 0) is 37.4 Å². The highest BCUT2D eigenvalue weighted by Crippen LogP contribution is 2.23. The Morgan fingerprint density at radius 3 is 2.88 bits per heavy atom. The number of hydrogen-bond donors (Lipinski definition) is 1. The van der Waals surface area contributed by atoms with Crippen LogP contribution in [0.5, 0.6) is 0 Å². The Morgan fingerprint density at radius 1 is 1.50 bits per heavy atom. The van der Waals surface area contributed by atoms with E-state index in [0.717, 1.165) is 38.3 Å². The van der Waals surface area contributed by atoms with Crippen molar-refractivity contribution in [2.45, 2.75) is 12.8 Å². The highest BCUT2D eigenvalue weighted by atomic mass is 15.2. The number of aromatic nitrogens is 1. The highest BCUT2D eigenvalue weighted by molar-refractivity contribution is 5.53. The Hall–Kier alpha value is -1.60. The zero-order chi connectivity index (χ0) is 11.4. The van der Waals surface area contributed by atoms with Crippen LogP contribution in [-0.4, -0.2) is 24.6 Å². The van der Waals surface area contributed by atoms with E-state index in [-0.39, 0.29) is 0 Å². The third-order valence-corrected chi connectivity index (χ3v) is 3.15. The van der Waals surface area contributed by atoms with Crippen LogP contribution in [0.2, 0.25) is 0 Å². The van der Waals surface area contributed by atoms with Gasteiger partial charge in [0.05, 0.1) is 5.56 Å². The van der Waals surface area contributed by atoms with Crippen molar-refractivity contribution in [3.05, 3.63) is 23.9 Å². The molecule has 0 aromatic carbocycles. The van der Waals surface area contributed by atoms with Gasteiger partial charge in [-0.25, -0.2) is 4.98 Å². The second-order valence-electron chi connectivity index (χ2n) is 4.15. The molecule has 4 nitrogen and oxygen atoms in total. The van der Waals surface area contributed by atoms with Gasteiger partial charge in [0.2, 0.25) is 0 Å². The number of anilines is 1. The number of piperidine rings is 1. The summed E-state index contributed by atoms with van der Waals surface area (Å²) >= 11 is 0. The molecule has 0 atom stereocenters. The first-order chi connectivity index (χ1) is 7.85. The fourth-order valence-electron chi connectivity index (χ4n) is 2.12. The summed E-state index contributed by atoms with van der Waals surface area (Å²) in [6.45, 7) is 2.67. The molecule has 0 unspecified atom stereocenters. The number of hydrogen-bond acceptors (Lipinski definition) is 4. The van der Waals surface area contributed by atoms with Gasteiger partial charge in [0.15, 0.2) is 0 Å². The molecule has 0 radical (unpaired) electrons. The van der Waals surface area contributed by atoms with Crippen LogP contribution >= 0.6 is 0 Å². The van der Waals surface area contributed by atoms with Gasteiger partial charge in [-0.1, -0.05) is 0 Å². The first kappa shape index (κ1) is 10.9. The van der Waals surface area contributed by atoms with Crippen molar-refractivity contribution in [1.29, 1.82) is 5.26 Å². The van der Waals surface area contributed by atoms with Gasteiger partial charge in [-0.15, -0.1) is 0 Å². The normalized spacial score (nSPS) is 17.1. The average molecular weight is 216 g/mol. The SMILES string of the molecule is N#Cc1cccnc1N1CCC(CN)CC1. The minimum atomic E-state index is 0.630. The molecule has 16 heavy (non-hydrogen) atoms. The van der Waals surface area contributed by atoms with Crippen LogP contribution < -0.4 is 10.6 Å². The molecule has 2 N–H and O–H groups in total. The maximum atomic E-state index is 9.01. The molecule has 84 valence electrons. The Labute approximate surface area is 95.7 Å². The lowest BCUT2D eigenvalue weighted by atomic mass is 9.97. The molecule has 1 aromatic rings. The number of nitrogens with zero attached hydrogens (tertiary/aromatic N) is 3. The Bertz CT molecular complexity index is 388. The molecule has 2 rings (SSSR count). The molecule has 4 heteroatoms. The Morgan fingerprint density at radius 2 is 2.25 bits per heavy atom. The standard InChI is InChI=1S/C12H16N4/c13-8-10-3-6-16(7-4-10)12-11(9-14)2-1-5-15-12/h1-2,5,10H,3-4,6-8,13H2. The van der Waals surface area contributed by atoms with Crippen LogP contribution in [0.25, 0.3) is 0 Å². The van der Waals surface area contributed by atoms with Crippen molar-refractivity contribution in [3.63, 3.8) is 0 Å². The summed E-state index contributed by atoms with van der Waals surface area (Å²) in [5.74, 6) is 1.45. The van der Waals surface area contributed by atoms with Crippen molar-refractivity contribution in [2.24, 2.45) is 11.7 Å². The average Bonchev–Trinajstić information content (AvgIpc) is 2.39. The van der Waals surface area contributed by atoms with E-state index in [0.29, 0.717) is 11.5 Å². The van der Waals surface area contributed by atoms with Crippen LogP contribution in [0.4, 0.5) is 5.82 Å². The lowest BCUT2D eigenvalue weighted by molar-refractivity contribution is 0.413. The first-order valence-electron chi connectivity index (χ1n) is 5.65. The van der Waals surface area contributed by atoms with Gasteiger partial charge in [-0.3, -0.25) is 0 Å². The van der Waals surface area contributed by atoms with Crippen molar-refractivity contribution in [2.75, 3.05) is 24.5 Å². The zero-order valence-electron chi connectivity index (χ0n) is 9.26. The van der Waals surface area contributed by atoms with Crippen molar-refractivity contribution in [1.82, 2.24) is 4.98 Å². The molecule has 1 aromatic heterocycles. The van der Waals surface area contributed by atoms with E-state index in [2.05, 4.69) is 16.0 Å². The summed E-state index contributed by atoms with van der Waals surface area (Å²) in [4.78, 5) is 6.48. The largest absolute Gasteiger partial charge is 0.356 e. The lowest BCUT2D eigenvalue weighted by Crippen LogP contribution is -2.36. The van der Waals surface area contributed by atoms with Crippen LogP contribution in [-0.2, 0) is 0 Å². The predicted molar refractivity (Wildman–Crippen MR) is 62.9 cm³/mol. The fourth-order valence-corrected chi connectivity index (χ4v) is 2.12. The second kappa shape index (κ2) is 4.95. The van der Waals surface area contributed by atoms with Gasteiger partial charge in [0.25, 0.3) is 0 Å². The summed E-state index contributed by atoms with van der Waals surface area (Å²) in [5, 5.41) is 9.01. The predicted octanol–water partition coefficient (Wildman–Crippen LogP) is 1.13. The smallest absolute Gasteiger partial charge is 0.146 e. The highest BCUT2D eigenvalue weighted by Gasteiger charge is 2.20. The van der Waals surface area contributed by atoms with E-state index in [1.807, 2.05) is 6.07 Å². The molecule has 1 aliphatic rings. The fraction of sp³-hybridized carbons (Fsp3) is 0.500. The third kappa shape index (κ3) is 2.15. The summed E-state index contributed by atoms with van der Waals surface area (Å²) in [6, 6.07) is 5.81. The summed E-state index contributed by atoms with van der Waals surface area (Å²) < 4.78 is 0. The van der Waals surface area contributed by atoms with Crippen LogP contribution in [0.15, 0.2) is 18.3 Å². The number of pyridine rings is 1. The molecule has 0 spiro atoms. The van der Waals surface area contributed by atoms with Crippen LogP contribution in [0.3, 0.4) is 0 Å². The third-order valence-electron chi connectivity index (χ3n) is 3.15. The minimum absolute atomic E-state index is 0.630. The Kier molecular flexibility index (Phi) is 3.37. The van der Waals surface area contributed by atoms with Crippen LogP contribution in [0, 0.1) is 17.2 Å². The number of nitriles is 1. The van der Waals surface area contributed by atoms with E-state index in [1.54, 1.807) is 12.3 Å². The number of rotatable bonds is 2. The molecular weight excluding hydrogens is 200 g/mol. The van der Waals surface area contributed by atoms with E-state index < -0.39 is 0 Å². The quantitative estimate of drug-likeness (QED) is 0.804. The Balaban J connectivity index is 2.11. The number of nitrogens with two attached hydrogens (primary N) is 1. The molecule has 1 fully saturated rings. The molecule has 1 aliphatic heterocycles. The van der Waals surface area contributed by atoms with Gasteiger partial charge < -0.3 is 10.6 Å². The zero-order valence-corrected chi connectivity index (χ0v) is 9.26. The first-order valence-corrected chi connectivity index (χ1v) is 5.65. The summed E-state index contributed by atoms with van der Waals surface area (Å²) in [6.07, 6.45) is 3.93. The summed E-state index contributed by atoms with van der Waals surface area (Å²) in [7, 11) is 0. The lowest BCUT2D eigenvalue weighted by Gasteiger charge is -2.32.